The normalized spacial score (nSPS) is 16.8. The van der Waals surface area contributed by atoms with Gasteiger partial charge >= 0.3 is 0 Å². The second kappa shape index (κ2) is 7.80. The Kier molecular flexibility index (Phi) is 5.44. The first-order chi connectivity index (χ1) is 13.4. The molecule has 0 bridgehead atoms. The van der Waals surface area contributed by atoms with Crippen LogP contribution < -0.4 is 14.4 Å². The Hall–Kier alpha value is -3.22. The number of ether oxygens (including phenoxy) is 2. The summed E-state index contributed by atoms with van der Waals surface area (Å²) in [6, 6.07) is 7.42. The first-order valence-corrected chi connectivity index (χ1v) is 8.93. The number of furan rings is 1. The average molecular weight is 385 g/mol. The number of aliphatic hydroxyl groups is 1. The highest BCUT2D eigenvalue weighted by molar-refractivity contribution is 6.16. The lowest BCUT2D eigenvalue weighted by atomic mass is 9.95. The highest BCUT2D eigenvalue weighted by Gasteiger charge is 2.45. The Morgan fingerprint density at radius 3 is 2.36 bits per heavy atom. The van der Waals surface area contributed by atoms with Crippen molar-refractivity contribution in [3.63, 3.8) is 0 Å². The van der Waals surface area contributed by atoms with E-state index in [1.807, 2.05) is 13.8 Å². The summed E-state index contributed by atoms with van der Waals surface area (Å²) in [4.78, 5) is 27.1. The molecule has 7 nitrogen and oxygen atoms in total. The number of Topliss-reactive ketones (excluding diaryl/α,β-unsaturated/α-hetero) is 1. The highest BCUT2D eigenvalue weighted by atomic mass is 16.5. The van der Waals surface area contributed by atoms with Crippen LogP contribution in [0.5, 0.6) is 11.5 Å². The van der Waals surface area contributed by atoms with Crippen LogP contribution in [0.3, 0.4) is 0 Å². The first-order valence-electron chi connectivity index (χ1n) is 8.93. The van der Waals surface area contributed by atoms with E-state index in [2.05, 4.69) is 0 Å². The van der Waals surface area contributed by atoms with Gasteiger partial charge in [0.15, 0.2) is 11.5 Å². The van der Waals surface area contributed by atoms with Crippen LogP contribution in [0.1, 0.15) is 32.1 Å². The topological polar surface area (TPSA) is 89.2 Å². The SMILES string of the molecule is COc1cc(OC)cc(N2C(=O)C(O)=C(C(=O)CC(C)C)C2c2ccco2)c1. The fourth-order valence-electron chi connectivity index (χ4n) is 3.28. The van der Waals surface area contributed by atoms with E-state index >= 15 is 0 Å². The van der Waals surface area contributed by atoms with Crippen LogP contribution in [0.2, 0.25) is 0 Å². The molecule has 0 saturated carbocycles. The summed E-state index contributed by atoms with van der Waals surface area (Å²) >= 11 is 0. The summed E-state index contributed by atoms with van der Waals surface area (Å²) in [5.74, 6) is -0.127. The van der Waals surface area contributed by atoms with Crippen molar-refractivity contribution >= 4 is 17.4 Å². The minimum absolute atomic E-state index is 0.0374. The molecule has 1 unspecified atom stereocenters. The number of anilines is 1. The van der Waals surface area contributed by atoms with E-state index in [1.54, 1.807) is 30.3 Å². The van der Waals surface area contributed by atoms with Crippen LogP contribution in [0, 0.1) is 5.92 Å². The van der Waals surface area contributed by atoms with Gasteiger partial charge < -0.3 is 19.0 Å². The molecule has 1 aromatic carbocycles. The molecule has 7 heteroatoms. The average Bonchev–Trinajstić information content (AvgIpc) is 3.28. The summed E-state index contributed by atoms with van der Waals surface area (Å²) in [5.41, 5.74) is 0.455. The van der Waals surface area contributed by atoms with Crippen LogP contribution in [0.25, 0.3) is 0 Å². The second-order valence-corrected chi connectivity index (χ2v) is 6.95. The Morgan fingerprint density at radius 2 is 1.86 bits per heavy atom. The number of benzene rings is 1. The number of hydrogen-bond acceptors (Lipinski definition) is 6. The van der Waals surface area contributed by atoms with Gasteiger partial charge in [-0.3, -0.25) is 14.5 Å². The minimum atomic E-state index is -0.870. The third kappa shape index (κ3) is 3.47. The Labute approximate surface area is 163 Å². The van der Waals surface area contributed by atoms with E-state index in [4.69, 9.17) is 13.9 Å². The number of rotatable bonds is 7. The maximum absolute atomic E-state index is 13.0. The van der Waals surface area contributed by atoms with E-state index in [9.17, 15) is 14.7 Å². The number of carbonyl (C=O) groups excluding carboxylic acids is 2. The Morgan fingerprint density at radius 1 is 1.21 bits per heavy atom. The number of amides is 1. The van der Waals surface area contributed by atoms with Gasteiger partial charge in [-0.2, -0.15) is 0 Å². The van der Waals surface area contributed by atoms with E-state index in [1.165, 1.54) is 25.4 Å². The number of methoxy groups -OCH3 is 2. The second-order valence-electron chi connectivity index (χ2n) is 6.95. The third-order valence-electron chi connectivity index (χ3n) is 4.53. The summed E-state index contributed by atoms with van der Waals surface area (Å²) in [7, 11) is 3.00. The lowest BCUT2D eigenvalue weighted by Crippen LogP contribution is -2.31. The summed E-state index contributed by atoms with van der Waals surface area (Å²) in [6.45, 7) is 3.80. The monoisotopic (exact) mass is 385 g/mol. The molecule has 1 atom stereocenters. The standard InChI is InChI=1S/C21H23NO6/c1-12(2)8-16(23)18-19(17-6-5-7-28-17)22(21(25)20(18)24)13-9-14(26-3)11-15(10-13)27-4/h5-7,9-12,19,24H,8H2,1-4H3. The number of hydrogen-bond donors (Lipinski definition) is 1. The molecule has 28 heavy (non-hydrogen) atoms. The van der Waals surface area contributed by atoms with Crippen LogP contribution in [-0.2, 0) is 9.59 Å². The largest absolute Gasteiger partial charge is 0.503 e. The van der Waals surface area contributed by atoms with Gasteiger partial charge in [0.05, 0.1) is 31.7 Å². The van der Waals surface area contributed by atoms with Gasteiger partial charge in [-0.05, 0) is 18.1 Å². The van der Waals surface area contributed by atoms with Crippen LogP contribution in [-0.4, -0.2) is 31.0 Å². The molecule has 3 rings (SSSR count). The Balaban J connectivity index is 2.14. The van der Waals surface area contributed by atoms with Gasteiger partial charge in [-0.25, -0.2) is 0 Å². The lowest BCUT2D eigenvalue weighted by Gasteiger charge is -2.26. The molecule has 0 spiro atoms. The van der Waals surface area contributed by atoms with Crippen LogP contribution >= 0.6 is 0 Å². The zero-order valence-electron chi connectivity index (χ0n) is 16.3. The molecular formula is C21H23NO6. The Bertz CT molecular complexity index is 891. The van der Waals surface area contributed by atoms with Crippen molar-refractivity contribution in [1.82, 2.24) is 0 Å². The zero-order valence-corrected chi connectivity index (χ0v) is 16.3. The van der Waals surface area contributed by atoms with Gasteiger partial charge in [0.1, 0.15) is 23.3 Å². The fourth-order valence-corrected chi connectivity index (χ4v) is 3.28. The van der Waals surface area contributed by atoms with Crippen molar-refractivity contribution in [3.8, 4) is 11.5 Å². The number of aliphatic hydroxyl groups excluding tert-OH is 1. The van der Waals surface area contributed by atoms with E-state index in [-0.39, 0.29) is 23.7 Å². The molecule has 1 aromatic heterocycles. The molecule has 2 aromatic rings. The van der Waals surface area contributed by atoms with E-state index in [0.717, 1.165) is 0 Å². The molecule has 2 heterocycles. The molecule has 1 aliphatic heterocycles. The maximum Gasteiger partial charge on any atom is 0.294 e. The molecule has 0 saturated heterocycles. The first kappa shape index (κ1) is 19.5. The number of ketones is 1. The predicted molar refractivity (Wildman–Crippen MR) is 103 cm³/mol. The molecule has 1 aliphatic rings. The van der Waals surface area contributed by atoms with Gasteiger partial charge in [-0.15, -0.1) is 0 Å². The van der Waals surface area contributed by atoms with Gasteiger partial charge in [0, 0.05) is 24.6 Å². The lowest BCUT2D eigenvalue weighted by molar-refractivity contribution is -0.118. The van der Waals surface area contributed by atoms with Crippen LogP contribution in [0.4, 0.5) is 5.69 Å². The maximum atomic E-state index is 13.0. The number of carbonyl (C=O) groups is 2. The van der Waals surface area contributed by atoms with E-state index in [0.29, 0.717) is 22.9 Å². The minimum Gasteiger partial charge on any atom is -0.503 e. The molecule has 1 amide bonds. The van der Waals surface area contributed by atoms with Crippen molar-refractivity contribution in [2.45, 2.75) is 26.3 Å². The van der Waals surface area contributed by atoms with E-state index < -0.39 is 17.7 Å². The quantitative estimate of drug-likeness (QED) is 0.780. The summed E-state index contributed by atoms with van der Waals surface area (Å²) < 4.78 is 16.1. The van der Waals surface area contributed by atoms with Crippen molar-refractivity contribution in [2.75, 3.05) is 19.1 Å². The fraction of sp³-hybridized carbons (Fsp3) is 0.333. The van der Waals surface area contributed by atoms with Gasteiger partial charge in [0.25, 0.3) is 5.91 Å². The number of nitrogens with zero attached hydrogens (tertiary/aromatic N) is 1. The molecule has 148 valence electrons. The summed E-state index contributed by atoms with van der Waals surface area (Å²) in [5, 5.41) is 10.6. The van der Waals surface area contributed by atoms with Crippen molar-refractivity contribution in [2.24, 2.45) is 5.92 Å². The van der Waals surface area contributed by atoms with Gasteiger partial charge in [-0.1, -0.05) is 13.8 Å². The molecule has 0 radical (unpaired) electrons. The zero-order chi connectivity index (χ0) is 20.4. The molecule has 0 fully saturated rings. The molecular weight excluding hydrogens is 362 g/mol. The van der Waals surface area contributed by atoms with Crippen molar-refractivity contribution < 1.29 is 28.6 Å². The van der Waals surface area contributed by atoms with Gasteiger partial charge in [0.2, 0.25) is 0 Å². The molecule has 1 N–H and O–H groups in total. The van der Waals surface area contributed by atoms with Crippen molar-refractivity contribution in [3.05, 3.63) is 53.7 Å². The van der Waals surface area contributed by atoms with Crippen molar-refractivity contribution in [1.29, 1.82) is 0 Å². The smallest absolute Gasteiger partial charge is 0.294 e. The van der Waals surface area contributed by atoms with Crippen LogP contribution in [0.15, 0.2) is 52.3 Å². The highest BCUT2D eigenvalue weighted by Crippen LogP contribution is 2.43. The predicted octanol–water partition coefficient (Wildman–Crippen LogP) is 3.81. The third-order valence-corrected chi connectivity index (χ3v) is 4.53. The molecule has 0 aliphatic carbocycles. The summed E-state index contributed by atoms with van der Waals surface area (Å²) in [6.07, 6.45) is 1.67.